The monoisotopic (exact) mass is 356 g/mol. The van der Waals surface area contributed by atoms with Gasteiger partial charge in [0.05, 0.1) is 11.4 Å². The number of nitrogens with one attached hydrogen (secondary N) is 2. The third kappa shape index (κ3) is 4.87. The van der Waals surface area contributed by atoms with E-state index in [1.807, 2.05) is 24.3 Å². The predicted octanol–water partition coefficient (Wildman–Crippen LogP) is 5.36. The molecule has 2 amide bonds. The lowest BCUT2D eigenvalue weighted by atomic mass is 9.69. The van der Waals surface area contributed by atoms with Crippen LogP contribution in [0, 0.1) is 17.8 Å². The Morgan fingerprint density at radius 1 is 0.808 bits per heavy atom. The fourth-order valence-electron chi connectivity index (χ4n) is 4.91. The van der Waals surface area contributed by atoms with E-state index in [0.717, 1.165) is 0 Å². The molecule has 0 unspecified atom stereocenters. The summed E-state index contributed by atoms with van der Waals surface area (Å²) in [6, 6.07) is 7.49. The molecule has 1 aromatic rings. The van der Waals surface area contributed by atoms with Gasteiger partial charge in [-0.15, -0.1) is 0 Å². The van der Waals surface area contributed by atoms with E-state index in [4.69, 9.17) is 0 Å². The highest BCUT2D eigenvalue weighted by Gasteiger charge is 2.36. The molecule has 0 bridgehead atoms. The number of carbonyl (C=O) groups is 2. The van der Waals surface area contributed by atoms with Crippen LogP contribution in [0.15, 0.2) is 24.3 Å². The minimum absolute atomic E-state index is 0.112. The lowest BCUT2D eigenvalue weighted by Crippen LogP contribution is -2.37. The molecule has 3 rings (SSSR count). The molecule has 4 nitrogen and oxygen atoms in total. The molecule has 2 aliphatic rings. The highest BCUT2D eigenvalue weighted by Crippen LogP contribution is 2.40. The second-order valence-corrected chi connectivity index (χ2v) is 8.04. The number of benzene rings is 1. The van der Waals surface area contributed by atoms with Gasteiger partial charge in [-0.2, -0.15) is 0 Å². The molecule has 2 N–H and O–H groups in total. The molecule has 2 aliphatic carbocycles. The van der Waals surface area contributed by atoms with Crippen molar-refractivity contribution in [1.82, 2.24) is 0 Å². The maximum absolute atomic E-state index is 13.3. The summed E-state index contributed by atoms with van der Waals surface area (Å²) in [4.78, 5) is 24.8. The summed E-state index contributed by atoms with van der Waals surface area (Å²) in [5.41, 5.74) is 1.39. The summed E-state index contributed by atoms with van der Waals surface area (Å²) >= 11 is 0. The van der Waals surface area contributed by atoms with Gasteiger partial charge in [-0.3, -0.25) is 9.59 Å². The Kier molecular flexibility index (Phi) is 6.70. The molecule has 0 radical (unpaired) electrons. The van der Waals surface area contributed by atoms with Crippen molar-refractivity contribution in [3.63, 3.8) is 0 Å². The van der Waals surface area contributed by atoms with Gasteiger partial charge in [0.25, 0.3) is 0 Å². The maximum atomic E-state index is 13.3. The quantitative estimate of drug-likeness (QED) is 0.746. The molecule has 1 aromatic carbocycles. The fraction of sp³-hybridized carbons (Fsp3) is 0.636. The molecular weight excluding hydrogens is 324 g/mol. The Balaban J connectivity index is 1.77. The van der Waals surface area contributed by atoms with Gasteiger partial charge < -0.3 is 10.6 Å². The Bertz CT molecular complexity index is 598. The van der Waals surface area contributed by atoms with Gasteiger partial charge in [-0.1, -0.05) is 50.7 Å². The van der Waals surface area contributed by atoms with Crippen molar-refractivity contribution in [3.8, 4) is 0 Å². The first-order valence-electron chi connectivity index (χ1n) is 10.3. The zero-order valence-electron chi connectivity index (χ0n) is 15.9. The number of anilines is 2. The third-order valence-corrected chi connectivity index (χ3v) is 6.11. The van der Waals surface area contributed by atoms with E-state index >= 15 is 0 Å². The molecule has 2 saturated carbocycles. The van der Waals surface area contributed by atoms with Gasteiger partial charge >= 0.3 is 0 Å². The molecule has 0 aliphatic heterocycles. The van der Waals surface area contributed by atoms with Crippen molar-refractivity contribution in [2.75, 3.05) is 10.6 Å². The van der Waals surface area contributed by atoms with Gasteiger partial charge in [0.2, 0.25) is 11.8 Å². The predicted molar refractivity (Wildman–Crippen MR) is 106 cm³/mol. The zero-order chi connectivity index (χ0) is 18.4. The Morgan fingerprint density at radius 3 is 1.73 bits per heavy atom. The van der Waals surface area contributed by atoms with Crippen LogP contribution < -0.4 is 10.6 Å². The summed E-state index contributed by atoms with van der Waals surface area (Å²) in [7, 11) is 0. The van der Waals surface area contributed by atoms with E-state index in [1.54, 1.807) is 0 Å². The van der Waals surface area contributed by atoms with Crippen LogP contribution in [0.3, 0.4) is 0 Å². The minimum Gasteiger partial charge on any atom is -0.325 e. The normalized spacial score (nSPS) is 19.3. The molecule has 0 aromatic heterocycles. The van der Waals surface area contributed by atoms with Crippen LogP contribution in [0.5, 0.6) is 0 Å². The second-order valence-electron chi connectivity index (χ2n) is 8.04. The summed E-state index contributed by atoms with van der Waals surface area (Å²) < 4.78 is 0. The molecular formula is C22H32N2O2. The molecule has 2 fully saturated rings. The van der Waals surface area contributed by atoms with Crippen LogP contribution in [0.1, 0.15) is 71.1 Å². The van der Waals surface area contributed by atoms with E-state index < -0.39 is 0 Å². The molecule has 4 heteroatoms. The molecule has 0 saturated heterocycles. The summed E-state index contributed by atoms with van der Waals surface area (Å²) in [6.45, 7) is 1.49. The van der Waals surface area contributed by atoms with Crippen LogP contribution in [0.25, 0.3) is 0 Å². The fourth-order valence-corrected chi connectivity index (χ4v) is 4.91. The smallest absolute Gasteiger partial charge is 0.228 e. The molecule has 0 heterocycles. The van der Waals surface area contributed by atoms with Crippen LogP contribution >= 0.6 is 0 Å². The number of rotatable bonds is 5. The van der Waals surface area contributed by atoms with E-state index in [2.05, 4.69) is 10.6 Å². The van der Waals surface area contributed by atoms with Gasteiger partial charge in [0, 0.05) is 12.8 Å². The Morgan fingerprint density at radius 2 is 1.27 bits per heavy atom. The van der Waals surface area contributed by atoms with Crippen molar-refractivity contribution in [2.24, 2.45) is 17.8 Å². The van der Waals surface area contributed by atoms with Crippen molar-refractivity contribution in [1.29, 1.82) is 0 Å². The number of amides is 2. The lowest BCUT2D eigenvalue weighted by Gasteiger charge is -2.37. The third-order valence-electron chi connectivity index (χ3n) is 6.11. The Hall–Kier alpha value is -1.84. The average Bonchev–Trinajstić information content (AvgIpc) is 2.65. The van der Waals surface area contributed by atoms with E-state index in [0.29, 0.717) is 23.2 Å². The van der Waals surface area contributed by atoms with E-state index in [-0.39, 0.29) is 17.7 Å². The largest absolute Gasteiger partial charge is 0.325 e. The van der Waals surface area contributed by atoms with Crippen LogP contribution in [0.2, 0.25) is 0 Å². The summed E-state index contributed by atoms with van der Waals surface area (Å²) in [6.07, 6.45) is 12.4. The highest BCUT2D eigenvalue weighted by atomic mass is 16.2. The second kappa shape index (κ2) is 9.20. The summed E-state index contributed by atoms with van der Waals surface area (Å²) in [5, 5.41) is 5.98. The maximum Gasteiger partial charge on any atom is 0.228 e. The van der Waals surface area contributed by atoms with Crippen molar-refractivity contribution in [3.05, 3.63) is 24.3 Å². The molecule has 0 atom stereocenters. The number of hydrogen-bond donors (Lipinski definition) is 2. The standard InChI is InChI=1S/C22H32N2O2/c1-16(25)23-19-14-8-9-15-20(19)24-22(26)21(17-10-4-2-5-11-17)18-12-6-3-7-13-18/h8-9,14-15,17-18,21H,2-7,10-13H2,1H3,(H,23,25)(H,24,26). The molecule has 26 heavy (non-hydrogen) atoms. The van der Waals surface area contributed by atoms with Gasteiger partial charge in [0.1, 0.15) is 0 Å². The first-order valence-corrected chi connectivity index (χ1v) is 10.3. The van der Waals surface area contributed by atoms with Crippen molar-refractivity contribution in [2.45, 2.75) is 71.1 Å². The summed E-state index contributed by atoms with van der Waals surface area (Å²) in [5.74, 6) is 1.17. The number of carbonyl (C=O) groups excluding carboxylic acids is 2. The van der Waals surface area contributed by atoms with E-state index in [9.17, 15) is 9.59 Å². The number of para-hydroxylation sites is 2. The molecule has 0 spiro atoms. The topological polar surface area (TPSA) is 58.2 Å². The molecule has 142 valence electrons. The van der Waals surface area contributed by atoms with E-state index in [1.165, 1.54) is 71.1 Å². The highest BCUT2D eigenvalue weighted by molar-refractivity contribution is 5.99. The van der Waals surface area contributed by atoms with Gasteiger partial charge in [-0.05, 0) is 49.7 Å². The van der Waals surface area contributed by atoms with Gasteiger partial charge in [-0.25, -0.2) is 0 Å². The van der Waals surface area contributed by atoms with Crippen molar-refractivity contribution < 1.29 is 9.59 Å². The van der Waals surface area contributed by atoms with Gasteiger partial charge in [0.15, 0.2) is 0 Å². The van der Waals surface area contributed by atoms with Crippen molar-refractivity contribution >= 4 is 23.2 Å². The zero-order valence-corrected chi connectivity index (χ0v) is 15.9. The first kappa shape index (κ1) is 18.9. The Labute approximate surface area is 157 Å². The van der Waals surface area contributed by atoms with Crippen LogP contribution in [0.4, 0.5) is 11.4 Å². The lowest BCUT2D eigenvalue weighted by molar-refractivity contribution is -0.124. The van der Waals surface area contributed by atoms with Crippen LogP contribution in [-0.4, -0.2) is 11.8 Å². The minimum atomic E-state index is -0.122. The number of hydrogen-bond acceptors (Lipinski definition) is 2. The first-order chi connectivity index (χ1) is 12.6. The average molecular weight is 357 g/mol. The van der Waals surface area contributed by atoms with Crippen LogP contribution in [-0.2, 0) is 9.59 Å². The SMILES string of the molecule is CC(=O)Nc1ccccc1NC(=O)C(C1CCCCC1)C1CCCCC1.